The highest BCUT2D eigenvalue weighted by molar-refractivity contribution is 5.76. The van der Waals surface area contributed by atoms with Crippen molar-refractivity contribution < 1.29 is 20.1 Å². The lowest BCUT2D eigenvalue weighted by Gasteiger charge is -2.26. The number of carbonyl (C=O) groups is 1. The molecule has 0 aromatic carbocycles. The Bertz CT molecular complexity index is 709. The molecule has 0 aromatic heterocycles. The molecule has 3 unspecified atom stereocenters. The van der Waals surface area contributed by atoms with Crippen molar-refractivity contribution in [3.8, 4) is 0 Å². The SMILES string of the molecule is CCCCCCCCC/C=C/CC/C=C/CCCC(O)C(O)C(CO)NC(=O)CCCCCCCCCCCCCCCCCCCC. The van der Waals surface area contributed by atoms with Gasteiger partial charge >= 0.3 is 0 Å². The molecular weight excluding hydrogens is 594 g/mol. The molecule has 5 nitrogen and oxygen atoms in total. The van der Waals surface area contributed by atoms with Crippen LogP contribution in [-0.2, 0) is 4.79 Å². The Labute approximate surface area is 299 Å². The fourth-order valence-corrected chi connectivity index (χ4v) is 6.47. The topological polar surface area (TPSA) is 89.8 Å². The summed E-state index contributed by atoms with van der Waals surface area (Å²) >= 11 is 0. The summed E-state index contributed by atoms with van der Waals surface area (Å²) in [6.45, 7) is 4.16. The summed E-state index contributed by atoms with van der Waals surface area (Å²) in [6.07, 6.45) is 45.6. The number of aliphatic hydroxyl groups is 3. The number of hydrogen-bond donors (Lipinski definition) is 4. The first kappa shape index (κ1) is 46.8. The van der Waals surface area contributed by atoms with E-state index in [1.807, 2.05) is 0 Å². The molecule has 5 heteroatoms. The number of unbranched alkanes of at least 4 members (excludes halogenated alkanes) is 26. The van der Waals surface area contributed by atoms with Crippen molar-refractivity contribution in [1.29, 1.82) is 0 Å². The van der Waals surface area contributed by atoms with Crippen LogP contribution in [0.4, 0.5) is 0 Å². The third kappa shape index (κ3) is 33.3. The molecule has 0 bridgehead atoms. The highest BCUT2D eigenvalue weighted by Crippen LogP contribution is 2.15. The first-order valence-corrected chi connectivity index (χ1v) is 21.1. The van der Waals surface area contributed by atoms with Crippen LogP contribution in [0.15, 0.2) is 24.3 Å². The lowest BCUT2D eigenvalue weighted by molar-refractivity contribution is -0.124. The van der Waals surface area contributed by atoms with Gasteiger partial charge in [-0.1, -0.05) is 186 Å². The second kappa shape index (κ2) is 38.6. The fourth-order valence-electron chi connectivity index (χ4n) is 6.47. The number of rotatable bonds is 38. The fraction of sp³-hybridized carbons (Fsp3) is 0.884. The van der Waals surface area contributed by atoms with Gasteiger partial charge in [-0.25, -0.2) is 0 Å². The van der Waals surface area contributed by atoms with Gasteiger partial charge in [-0.05, 0) is 51.4 Å². The maximum absolute atomic E-state index is 12.4. The minimum absolute atomic E-state index is 0.156. The van der Waals surface area contributed by atoms with E-state index in [4.69, 9.17) is 0 Å². The van der Waals surface area contributed by atoms with Gasteiger partial charge in [-0.15, -0.1) is 0 Å². The molecule has 0 saturated carbocycles. The van der Waals surface area contributed by atoms with Crippen LogP contribution in [-0.4, -0.2) is 46.1 Å². The molecule has 1 amide bonds. The van der Waals surface area contributed by atoms with Gasteiger partial charge < -0.3 is 20.6 Å². The normalized spacial score (nSPS) is 13.9. The van der Waals surface area contributed by atoms with E-state index in [9.17, 15) is 20.1 Å². The molecule has 0 spiro atoms. The zero-order valence-electron chi connectivity index (χ0n) is 32.1. The van der Waals surface area contributed by atoms with Crippen molar-refractivity contribution in [2.75, 3.05) is 6.61 Å². The summed E-state index contributed by atoms with van der Waals surface area (Å²) < 4.78 is 0. The van der Waals surface area contributed by atoms with Crippen LogP contribution in [0.3, 0.4) is 0 Å². The molecule has 0 radical (unpaired) electrons. The summed E-state index contributed by atoms with van der Waals surface area (Å²) in [5, 5.41) is 33.4. The average molecular weight is 678 g/mol. The molecule has 0 aromatic rings. The Morgan fingerprint density at radius 3 is 1.27 bits per heavy atom. The van der Waals surface area contributed by atoms with Gasteiger partial charge in [0.1, 0.15) is 6.10 Å². The van der Waals surface area contributed by atoms with Crippen molar-refractivity contribution in [3.05, 3.63) is 24.3 Å². The molecular formula is C43H83NO4. The van der Waals surface area contributed by atoms with Gasteiger partial charge in [0.2, 0.25) is 5.91 Å². The number of aliphatic hydroxyl groups excluding tert-OH is 3. The van der Waals surface area contributed by atoms with Crippen molar-refractivity contribution in [3.63, 3.8) is 0 Å². The van der Waals surface area contributed by atoms with Gasteiger partial charge in [0.05, 0.1) is 18.8 Å². The van der Waals surface area contributed by atoms with Crippen molar-refractivity contribution in [2.24, 2.45) is 0 Å². The largest absolute Gasteiger partial charge is 0.394 e. The number of allylic oxidation sites excluding steroid dienone is 4. The molecule has 0 heterocycles. The number of hydrogen-bond acceptors (Lipinski definition) is 4. The zero-order chi connectivity index (χ0) is 35.2. The monoisotopic (exact) mass is 678 g/mol. The number of nitrogens with one attached hydrogen (secondary N) is 1. The van der Waals surface area contributed by atoms with Gasteiger partial charge in [0.15, 0.2) is 0 Å². The van der Waals surface area contributed by atoms with Crippen LogP contribution in [0.2, 0.25) is 0 Å². The zero-order valence-corrected chi connectivity index (χ0v) is 32.1. The van der Waals surface area contributed by atoms with E-state index in [1.54, 1.807) is 0 Å². The third-order valence-corrected chi connectivity index (χ3v) is 9.79. The molecule has 0 aliphatic rings. The van der Waals surface area contributed by atoms with E-state index in [-0.39, 0.29) is 12.5 Å². The molecule has 0 aliphatic carbocycles. The quantitative estimate of drug-likeness (QED) is 0.0387. The number of amides is 1. The standard InChI is InChI=1S/C43H83NO4/c1-3-5-7-9-11-13-15-17-19-21-22-24-26-28-30-32-34-36-38-42(47)44-40(39-45)43(48)41(46)37-35-33-31-29-27-25-23-20-18-16-14-12-10-8-6-4-2/h20,23,29,31,40-41,43,45-46,48H,3-19,21-22,24-28,30,32-39H2,1-2H3,(H,44,47)/b23-20+,31-29+. The van der Waals surface area contributed by atoms with E-state index in [1.165, 1.54) is 148 Å². The summed E-state index contributed by atoms with van der Waals surface area (Å²) in [5.41, 5.74) is 0. The highest BCUT2D eigenvalue weighted by atomic mass is 16.3. The van der Waals surface area contributed by atoms with Crippen molar-refractivity contribution in [1.82, 2.24) is 5.32 Å². The average Bonchev–Trinajstić information content (AvgIpc) is 3.09. The summed E-state index contributed by atoms with van der Waals surface area (Å²) in [5.74, 6) is -0.156. The summed E-state index contributed by atoms with van der Waals surface area (Å²) in [7, 11) is 0. The highest BCUT2D eigenvalue weighted by Gasteiger charge is 2.26. The maximum atomic E-state index is 12.4. The van der Waals surface area contributed by atoms with Crippen LogP contribution >= 0.6 is 0 Å². The molecule has 48 heavy (non-hydrogen) atoms. The van der Waals surface area contributed by atoms with Crippen molar-refractivity contribution in [2.45, 2.75) is 238 Å². The predicted molar refractivity (Wildman–Crippen MR) is 208 cm³/mol. The third-order valence-electron chi connectivity index (χ3n) is 9.79. The minimum Gasteiger partial charge on any atom is -0.394 e. The lowest BCUT2D eigenvalue weighted by atomic mass is 10.0. The Morgan fingerprint density at radius 1 is 0.500 bits per heavy atom. The molecule has 0 saturated heterocycles. The Balaban J connectivity index is 3.69. The maximum Gasteiger partial charge on any atom is 0.220 e. The van der Waals surface area contributed by atoms with E-state index >= 15 is 0 Å². The molecule has 0 aliphatic heterocycles. The van der Waals surface area contributed by atoms with Crippen LogP contribution in [0.1, 0.15) is 219 Å². The smallest absolute Gasteiger partial charge is 0.220 e. The van der Waals surface area contributed by atoms with Crippen LogP contribution in [0, 0.1) is 0 Å². The van der Waals surface area contributed by atoms with Gasteiger partial charge in [-0.2, -0.15) is 0 Å². The minimum atomic E-state index is -1.16. The van der Waals surface area contributed by atoms with Crippen molar-refractivity contribution >= 4 is 5.91 Å². The molecule has 0 rings (SSSR count). The van der Waals surface area contributed by atoms with E-state index in [2.05, 4.69) is 43.5 Å². The lowest BCUT2D eigenvalue weighted by Crippen LogP contribution is -2.50. The van der Waals surface area contributed by atoms with Gasteiger partial charge in [0, 0.05) is 6.42 Å². The van der Waals surface area contributed by atoms with E-state index in [0.29, 0.717) is 12.8 Å². The second-order valence-corrected chi connectivity index (χ2v) is 14.5. The predicted octanol–water partition coefficient (Wildman–Crippen LogP) is 11.8. The molecule has 3 atom stereocenters. The Hall–Kier alpha value is -1.17. The van der Waals surface area contributed by atoms with Crippen LogP contribution < -0.4 is 5.32 Å². The molecule has 4 N–H and O–H groups in total. The Morgan fingerprint density at radius 2 is 0.854 bits per heavy atom. The molecule has 284 valence electrons. The van der Waals surface area contributed by atoms with E-state index < -0.39 is 18.2 Å². The second-order valence-electron chi connectivity index (χ2n) is 14.5. The first-order valence-electron chi connectivity index (χ1n) is 21.1. The van der Waals surface area contributed by atoms with E-state index in [0.717, 1.165) is 44.9 Å². The first-order chi connectivity index (χ1) is 23.6. The van der Waals surface area contributed by atoms with Crippen LogP contribution in [0.25, 0.3) is 0 Å². The van der Waals surface area contributed by atoms with Gasteiger partial charge in [0.25, 0.3) is 0 Å². The van der Waals surface area contributed by atoms with Crippen LogP contribution in [0.5, 0.6) is 0 Å². The summed E-state index contributed by atoms with van der Waals surface area (Å²) in [4.78, 5) is 12.4. The number of carbonyl (C=O) groups excluding carboxylic acids is 1. The Kier molecular flexibility index (Phi) is 37.7. The summed E-state index contributed by atoms with van der Waals surface area (Å²) in [6, 6.07) is -0.827. The molecule has 0 fully saturated rings. The van der Waals surface area contributed by atoms with Gasteiger partial charge in [-0.3, -0.25) is 4.79 Å².